The van der Waals surface area contributed by atoms with E-state index in [9.17, 15) is 9.59 Å². The summed E-state index contributed by atoms with van der Waals surface area (Å²) in [6.07, 6.45) is 3.21. The van der Waals surface area contributed by atoms with E-state index in [2.05, 4.69) is 20.8 Å². The molecule has 1 fully saturated rings. The molecule has 1 saturated heterocycles. The standard InChI is InChI=1S/C23H25ClN8O3/c1-13-11-14(8-10-35-13)32-18(33)12-23(2,27-22(32)25)16-6-3-7-17(19(16)24)26-21(34)15-5-4-9-31-20(15)28-29-30-31/h3-7,9,13-14H,8,10-12H2,1-2H3,(H2,25,27)(H,26,34)/t13-,14?,23+/m1/s1. The first-order chi connectivity index (χ1) is 16.8. The van der Waals surface area contributed by atoms with Crippen LogP contribution in [0.3, 0.4) is 0 Å². The summed E-state index contributed by atoms with van der Waals surface area (Å²) in [6.45, 7) is 4.38. The summed E-state index contributed by atoms with van der Waals surface area (Å²) in [5, 5.41) is 14.4. The Morgan fingerprint density at radius 1 is 1.31 bits per heavy atom. The van der Waals surface area contributed by atoms with Gasteiger partial charge in [-0.2, -0.15) is 4.52 Å². The van der Waals surface area contributed by atoms with Crippen LogP contribution < -0.4 is 11.1 Å². The lowest BCUT2D eigenvalue weighted by Gasteiger charge is -2.41. The fourth-order valence-corrected chi connectivity index (χ4v) is 5.16. The molecule has 2 aromatic heterocycles. The Morgan fingerprint density at radius 3 is 2.91 bits per heavy atom. The maximum atomic E-state index is 13.2. The first-order valence-electron chi connectivity index (χ1n) is 11.3. The minimum Gasteiger partial charge on any atom is -0.378 e. The third kappa shape index (κ3) is 4.21. The quantitative estimate of drug-likeness (QED) is 0.564. The number of hydrogen-bond donors (Lipinski definition) is 2. The number of ether oxygens (including phenoxy) is 1. The minimum atomic E-state index is -0.983. The van der Waals surface area contributed by atoms with Gasteiger partial charge in [-0.1, -0.05) is 23.7 Å². The minimum absolute atomic E-state index is 0.0463. The molecular formula is C23H25ClN8O3. The average molecular weight is 497 g/mol. The Morgan fingerprint density at radius 2 is 2.14 bits per heavy atom. The molecule has 3 atom stereocenters. The molecule has 0 aliphatic carbocycles. The highest BCUT2D eigenvalue weighted by Crippen LogP contribution is 2.41. The number of anilines is 1. The van der Waals surface area contributed by atoms with Crippen LogP contribution in [0.15, 0.2) is 41.5 Å². The van der Waals surface area contributed by atoms with E-state index in [4.69, 9.17) is 27.1 Å². The van der Waals surface area contributed by atoms with Crippen molar-refractivity contribution in [1.82, 2.24) is 24.9 Å². The van der Waals surface area contributed by atoms with E-state index in [1.165, 1.54) is 4.52 Å². The van der Waals surface area contributed by atoms with Crippen LogP contribution in [0.5, 0.6) is 0 Å². The topological polar surface area (TPSA) is 140 Å². The van der Waals surface area contributed by atoms with Crippen LogP contribution in [0.25, 0.3) is 5.65 Å². The first kappa shape index (κ1) is 23.2. The SMILES string of the molecule is C[C@@H]1CC(N2C(=O)C[C@@](C)(c3cccc(NC(=O)c4cccn5nnnc45)c3Cl)N=C2N)CCO1. The number of tetrazole rings is 1. The second-order valence-electron chi connectivity index (χ2n) is 9.03. The Labute approximate surface area is 206 Å². The Kier molecular flexibility index (Phi) is 5.89. The van der Waals surface area contributed by atoms with Gasteiger partial charge >= 0.3 is 0 Å². The number of benzene rings is 1. The molecule has 2 amide bonds. The zero-order valence-corrected chi connectivity index (χ0v) is 20.1. The van der Waals surface area contributed by atoms with Crippen LogP contribution >= 0.6 is 11.6 Å². The van der Waals surface area contributed by atoms with Crippen LogP contribution in [-0.4, -0.2) is 61.5 Å². The summed E-state index contributed by atoms with van der Waals surface area (Å²) in [4.78, 5) is 32.6. The van der Waals surface area contributed by atoms with Gasteiger partial charge in [-0.15, -0.1) is 5.10 Å². The van der Waals surface area contributed by atoms with E-state index in [1.807, 2.05) is 13.8 Å². The van der Waals surface area contributed by atoms with Crippen molar-refractivity contribution in [3.8, 4) is 0 Å². The molecular weight excluding hydrogens is 472 g/mol. The third-order valence-corrected chi connectivity index (χ3v) is 6.90. The van der Waals surface area contributed by atoms with Crippen LogP contribution in [0.2, 0.25) is 5.02 Å². The Hall–Kier alpha value is -3.57. The number of nitrogens with zero attached hydrogens (tertiary/aromatic N) is 6. The number of fused-ring (bicyclic) bond motifs is 1. The highest BCUT2D eigenvalue weighted by molar-refractivity contribution is 6.35. The zero-order valence-electron chi connectivity index (χ0n) is 19.3. The molecule has 0 spiro atoms. The summed E-state index contributed by atoms with van der Waals surface area (Å²) in [5.41, 5.74) is 6.93. The van der Waals surface area contributed by atoms with E-state index in [0.717, 1.165) is 0 Å². The molecule has 4 heterocycles. The highest BCUT2D eigenvalue weighted by Gasteiger charge is 2.42. The smallest absolute Gasteiger partial charge is 0.259 e. The van der Waals surface area contributed by atoms with Gasteiger partial charge in [-0.3, -0.25) is 14.5 Å². The normalized spacial score (nSPS) is 24.9. The molecule has 5 rings (SSSR count). The Bertz CT molecular complexity index is 1340. The van der Waals surface area contributed by atoms with Crippen molar-refractivity contribution in [2.24, 2.45) is 10.7 Å². The van der Waals surface area contributed by atoms with E-state index < -0.39 is 11.4 Å². The first-order valence-corrected chi connectivity index (χ1v) is 11.7. The van der Waals surface area contributed by atoms with Gasteiger partial charge in [0, 0.05) is 24.4 Å². The number of carbonyl (C=O) groups is 2. The van der Waals surface area contributed by atoms with Gasteiger partial charge in [-0.05, 0) is 55.3 Å². The fourth-order valence-electron chi connectivity index (χ4n) is 4.79. The molecule has 35 heavy (non-hydrogen) atoms. The molecule has 3 N–H and O–H groups in total. The number of amides is 2. The molecule has 2 aliphatic rings. The third-order valence-electron chi connectivity index (χ3n) is 6.49. The molecule has 2 aliphatic heterocycles. The van der Waals surface area contributed by atoms with Gasteiger partial charge < -0.3 is 15.8 Å². The van der Waals surface area contributed by atoms with E-state index in [0.29, 0.717) is 41.9 Å². The summed E-state index contributed by atoms with van der Waals surface area (Å²) in [6, 6.07) is 8.48. The number of carbonyl (C=O) groups excluding carboxylic acids is 2. The van der Waals surface area contributed by atoms with Gasteiger partial charge in [-0.25, -0.2) is 4.99 Å². The number of halogens is 1. The number of nitrogens with two attached hydrogens (primary N) is 1. The van der Waals surface area contributed by atoms with Crippen molar-refractivity contribution in [3.05, 3.63) is 52.7 Å². The molecule has 3 aromatic rings. The maximum absolute atomic E-state index is 13.2. The van der Waals surface area contributed by atoms with E-state index in [-0.39, 0.29) is 35.5 Å². The number of aromatic nitrogens is 4. The van der Waals surface area contributed by atoms with Crippen molar-refractivity contribution in [2.45, 2.75) is 50.8 Å². The molecule has 12 heteroatoms. The second-order valence-corrected chi connectivity index (χ2v) is 9.41. The van der Waals surface area contributed by atoms with E-state index in [1.54, 1.807) is 41.4 Å². The zero-order chi connectivity index (χ0) is 24.7. The average Bonchev–Trinajstić information content (AvgIpc) is 3.29. The predicted octanol–water partition coefficient (Wildman–Crippen LogP) is 2.36. The highest BCUT2D eigenvalue weighted by atomic mass is 35.5. The molecule has 1 aromatic carbocycles. The van der Waals surface area contributed by atoms with Gasteiger partial charge in [0.2, 0.25) is 5.91 Å². The van der Waals surface area contributed by atoms with Crippen LogP contribution in [0.1, 0.15) is 49.0 Å². The summed E-state index contributed by atoms with van der Waals surface area (Å²) in [7, 11) is 0. The molecule has 11 nitrogen and oxygen atoms in total. The molecule has 1 unspecified atom stereocenters. The number of aliphatic imine (C=N–C) groups is 1. The monoisotopic (exact) mass is 496 g/mol. The molecule has 0 bridgehead atoms. The van der Waals surface area contributed by atoms with Crippen molar-refractivity contribution in [3.63, 3.8) is 0 Å². The summed E-state index contributed by atoms with van der Waals surface area (Å²) >= 11 is 6.75. The van der Waals surface area contributed by atoms with Gasteiger partial charge in [0.05, 0.1) is 34.3 Å². The fraction of sp³-hybridized carbons (Fsp3) is 0.391. The molecule has 0 radical (unpaired) electrons. The van der Waals surface area contributed by atoms with Crippen molar-refractivity contribution >= 4 is 40.7 Å². The molecule has 182 valence electrons. The lowest BCUT2D eigenvalue weighted by molar-refractivity contribution is -0.133. The van der Waals surface area contributed by atoms with Crippen molar-refractivity contribution in [2.75, 3.05) is 11.9 Å². The number of pyridine rings is 1. The van der Waals surface area contributed by atoms with Crippen LogP contribution in [0, 0.1) is 0 Å². The van der Waals surface area contributed by atoms with Crippen molar-refractivity contribution < 1.29 is 14.3 Å². The summed E-state index contributed by atoms with van der Waals surface area (Å²) in [5.74, 6) is -0.368. The number of guanidine groups is 1. The summed E-state index contributed by atoms with van der Waals surface area (Å²) < 4.78 is 7.02. The van der Waals surface area contributed by atoms with E-state index >= 15 is 0 Å². The van der Waals surface area contributed by atoms with Gasteiger partial charge in [0.15, 0.2) is 11.6 Å². The second kappa shape index (κ2) is 8.90. The lowest BCUT2D eigenvalue weighted by atomic mass is 9.86. The number of hydrogen-bond acceptors (Lipinski definition) is 8. The largest absolute Gasteiger partial charge is 0.378 e. The number of nitrogens with one attached hydrogen (secondary N) is 1. The number of rotatable bonds is 4. The predicted molar refractivity (Wildman–Crippen MR) is 129 cm³/mol. The van der Waals surface area contributed by atoms with Gasteiger partial charge in [0.1, 0.15) is 0 Å². The van der Waals surface area contributed by atoms with Crippen LogP contribution in [-0.2, 0) is 15.1 Å². The Balaban J connectivity index is 1.43. The van der Waals surface area contributed by atoms with Crippen LogP contribution in [0.4, 0.5) is 5.69 Å². The maximum Gasteiger partial charge on any atom is 0.259 e. The lowest BCUT2D eigenvalue weighted by Crippen LogP contribution is -2.56. The van der Waals surface area contributed by atoms with Crippen molar-refractivity contribution in [1.29, 1.82) is 0 Å². The molecule has 0 saturated carbocycles. The van der Waals surface area contributed by atoms with Gasteiger partial charge in [0.25, 0.3) is 5.91 Å².